The predicted octanol–water partition coefficient (Wildman–Crippen LogP) is 0.693. The van der Waals surface area contributed by atoms with Crippen LogP contribution in [0.4, 0.5) is 5.69 Å². The van der Waals surface area contributed by atoms with Gasteiger partial charge in [-0.25, -0.2) is 0 Å². The number of hydrogen-bond acceptors (Lipinski definition) is 3. The molecule has 1 aromatic rings. The second-order valence-electron chi connectivity index (χ2n) is 3.19. The molecule has 0 aliphatic carbocycles. The van der Waals surface area contributed by atoms with Gasteiger partial charge in [0, 0.05) is 24.8 Å². The van der Waals surface area contributed by atoms with Crippen LogP contribution in [0.25, 0.3) is 0 Å². The van der Waals surface area contributed by atoms with E-state index in [1.165, 1.54) is 5.56 Å². The molecule has 0 radical (unpaired) electrons. The van der Waals surface area contributed by atoms with Crippen molar-refractivity contribution >= 4 is 5.69 Å². The number of anilines is 1. The van der Waals surface area contributed by atoms with Gasteiger partial charge in [0.05, 0.1) is 0 Å². The van der Waals surface area contributed by atoms with Gasteiger partial charge in [0.1, 0.15) is 0 Å². The Kier molecular flexibility index (Phi) is 3.73. The van der Waals surface area contributed by atoms with Gasteiger partial charge < -0.3 is 16.8 Å². The summed E-state index contributed by atoms with van der Waals surface area (Å²) in [6, 6.07) is 8.15. The fraction of sp³-hybridized carbons (Fsp3) is 0.400. The molecule has 0 aromatic heterocycles. The van der Waals surface area contributed by atoms with Crippen molar-refractivity contribution in [3.63, 3.8) is 0 Å². The van der Waals surface area contributed by atoms with Gasteiger partial charge in [0.15, 0.2) is 0 Å². The topological polar surface area (TPSA) is 64.1 Å². The van der Waals surface area contributed by atoms with Crippen LogP contribution in [0.5, 0.6) is 0 Å². The summed E-state index contributed by atoms with van der Waals surface area (Å²) in [6.07, 6.45) is 0. The van der Waals surface area contributed by atoms with Gasteiger partial charge in [-0.05, 0) is 18.6 Å². The van der Waals surface area contributed by atoms with E-state index >= 15 is 0 Å². The molecule has 1 aromatic carbocycles. The molecule has 0 bridgehead atoms. The Balaban J connectivity index is 2.50. The molecule has 0 aliphatic heterocycles. The van der Waals surface area contributed by atoms with Crippen molar-refractivity contribution in [3.8, 4) is 0 Å². The highest BCUT2D eigenvalue weighted by Crippen LogP contribution is 2.12. The van der Waals surface area contributed by atoms with Crippen molar-refractivity contribution < 1.29 is 0 Å². The van der Waals surface area contributed by atoms with Crippen molar-refractivity contribution in [3.05, 3.63) is 29.8 Å². The Morgan fingerprint density at radius 2 is 2.08 bits per heavy atom. The first kappa shape index (κ1) is 10.0. The molecular formula is C10H17N3. The Morgan fingerprint density at radius 3 is 2.69 bits per heavy atom. The highest BCUT2D eigenvalue weighted by Gasteiger charge is 1.99. The van der Waals surface area contributed by atoms with Gasteiger partial charge in [-0.2, -0.15) is 0 Å². The second-order valence-corrected chi connectivity index (χ2v) is 3.19. The lowest BCUT2D eigenvalue weighted by molar-refractivity contribution is 0.713. The third-order valence-electron chi connectivity index (χ3n) is 2.00. The van der Waals surface area contributed by atoms with Crippen molar-refractivity contribution in [2.75, 3.05) is 18.4 Å². The third-order valence-corrected chi connectivity index (χ3v) is 2.00. The smallest absolute Gasteiger partial charge is 0.0370 e. The molecule has 0 heterocycles. The number of aryl methyl sites for hydroxylation is 1. The van der Waals surface area contributed by atoms with Crippen LogP contribution in [0.1, 0.15) is 5.56 Å². The second kappa shape index (κ2) is 4.84. The van der Waals surface area contributed by atoms with E-state index in [-0.39, 0.29) is 6.04 Å². The van der Waals surface area contributed by atoms with Gasteiger partial charge in [-0.15, -0.1) is 0 Å². The first-order chi connectivity index (χ1) is 6.24. The summed E-state index contributed by atoms with van der Waals surface area (Å²) in [7, 11) is 0. The minimum atomic E-state index is 0.0274. The number of benzene rings is 1. The minimum Gasteiger partial charge on any atom is -0.383 e. The Bertz CT molecular complexity index is 260. The van der Waals surface area contributed by atoms with Gasteiger partial charge >= 0.3 is 0 Å². The molecule has 5 N–H and O–H groups in total. The monoisotopic (exact) mass is 179 g/mol. The van der Waals surface area contributed by atoms with Crippen LogP contribution in [0.2, 0.25) is 0 Å². The first-order valence-electron chi connectivity index (χ1n) is 4.49. The van der Waals surface area contributed by atoms with Crippen molar-refractivity contribution in [1.29, 1.82) is 0 Å². The summed E-state index contributed by atoms with van der Waals surface area (Å²) in [5, 5.41) is 3.26. The van der Waals surface area contributed by atoms with E-state index in [2.05, 4.69) is 18.3 Å². The SMILES string of the molecule is Cc1ccccc1NCC(N)CN. The lowest BCUT2D eigenvalue weighted by Crippen LogP contribution is -2.36. The van der Waals surface area contributed by atoms with Crippen LogP contribution in [-0.2, 0) is 0 Å². The van der Waals surface area contributed by atoms with E-state index in [0.29, 0.717) is 6.54 Å². The maximum atomic E-state index is 5.68. The van der Waals surface area contributed by atoms with Crippen LogP contribution < -0.4 is 16.8 Å². The number of para-hydroxylation sites is 1. The van der Waals surface area contributed by atoms with Gasteiger partial charge in [-0.3, -0.25) is 0 Å². The van der Waals surface area contributed by atoms with Gasteiger partial charge in [-0.1, -0.05) is 18.2 Å². The summed E-state index contributed by atoms with van der Waals surface area (Å²) >= 11 is 0. The molecule has 0 spiro atoms. The maximum Gasteiger partial charge on any atom is 0.0370 e. The predicted molar refractivity (Wildman–Crippen MR) is 56.7 cm³/mol. The van der Waals surface area contributed by atoms with Crippen LogP contribution in [0, 0.1) is 6.92 Å². The highest BCUT2D eigenvalue weighted by molar-refractivity contribution is 5.50. The molecule has 72 valence electrons. The largest absolute Gasteiger partial charge is 0.383 e. The first-order valence-corrected chi connectivity index (χ1v) is 4.49. The van der Waals surface area contributed by atoms with Crippen LogP contribution in [0.3, 0.4) is 0 Å². The molecule has 1 atom stereocenters. The maximum absolute atomic E-state index is 5.68. The number of nitrogens with two attached hydrogens (primary N) is 2. The molecular weight excluding hydrogens is 162 g/mol. The van der Waals surface area contributed by atoms with E-state index in [9.17, 15) is 0 Å². The Hall–Kier alpha value is -1.06. The summed E-state index contributed by atoms with van der Waals surface area (Å²) in [6.45, 7) is 3.30. The summed E-state index contributed by atoms with van der Waals surface area (Å²) in [5.41, 5.74) is 13.5. The standard InChI is InChI=1S/C10H17N3/c1-8-4-2-3-5-10(8)13-7-9(12)6-11/h2-5,9,13H,6-7,11-12H2,1H3. The van der Waals surface area contributed by atoms with Crippen LogP contribution in [-0.4, -0.2) is 19.1 Å². The molecule has 3 heteroatoms. The lowest BCUT2D eigenvalue weighted by Gasteiger charge is -2.12. The fourth-order valence-corrected chi connectivity index (χ4v) is 1.10. The van der Waals surface area contributed by atoms with E-state index in [0.717, 1.165) is 12.2 Å². The average molecular weight is 179 g/mol. The zero-order valence-corrected chi connectivity index (χ0v) is 7.96. The number of hydrogen-bond donors (Lipinski definition) is 3. The van der Waals surface area contributed by atoms with Crippen LogP contribution >= 0.6 is 0 Å². The number of nitrogens with one attached hydrogen (secondary N) is 1. The summed E-state index contributed by atoms with van der Waals surface area (Å²) in [4.78, 5) is 0. The molecule has 0 fully saturated rings. The molecule has 13 heavy (non-hydrogen) atoms. The minimum absolute atomic E-state index is 0.0274. The Morgan fingerprint density at radius 1 is 1.38 bits per heavy atom. The molecule has 0 saturated carbocycles. The quantitative estimate of drug-likeness (QED) is 0.637. The van der Waals surface area contributed by atoms with Gasteiger partial charge in [0.25, 0.3) is 0 Å². The molecule has 1 unspecified atom stereocenters. The van der Waals surface area contributed by atoms with E-state index in [1.54, 1.807) is 0 Å². The zero-order chi connectivity index (χ0) is 9.68. The molecule has 1 rings (SSSR count). The summed E-state index contributed by atoms with van der Waals surface area (Å²) in [5.74, 6) is 0. The van der Waals surface area contributed by atoms with E-state index in [4.69, 9.17) is 11.5 Å². The lowest BCUT2D eigenvalue weighted by atomic mass is 10.2. The molecule has 0 aliphatic rings. The fourth-order valence-electron chi connectivity index (χ4n) is 1.10. The zero-order valence-electron chi connectivity index (χ0n) is 7.96. The Labute approximate surface area is 79.1 Å². The third kappa shape index (κ3) is 3.05. The van der Waals surface area contributed by atoms with E-state index in [1.807, 2.05) is 18.2 Å². The van der Waals surface area contributed by atoms with Crippen molar-refractivity contribution in [2.24, 2.45) is 11.5 Å². The van der Waals surface area contributed by atoms with Crippen molar-refractivity contribution in [2.45, 2.75) is 13.0 Å². The average Bonchev–Trinajstić information content (AvgIpc) is 2.16. The summed E-state index contributed by atoms with van der Waals surface area (Å²) < 4.78 is 0. The molecule has 0 amide bonds. The molecule has 0 saturated heterocycles. The number of rotatable bonds is 4. The van der Waals surface area contributed by atoms with Crippen LogP contribution in [0.15, 0.2) is 24.3 Å². The highest BCUT2D eigenvalue weighted by atomic mass is 14.9. The normalized spacial score (nSPS) is 12.5. The molecule has 3 nitrogen and oxygen atoms in total. The van der Waals surface area contributed by atoms with E-state index < -0.39 is 0 Å². The van der Waals surface area contributed by atoms with Crippen molar-refractivity contribution in [1.82, 2.24) is 0 Å². The van der Waals surface area contributed by atoms with Gasteiger partial charge in [0.2, 0.25) is 0 Å².